The van der Waals surface area contributed by atoms with Crippen LogP contribution in [0.15, 0.2) is 46.2 Å². The van der Waals surface area contributed by atoms with Crippen LogP contribution in [0.5, 0.6) is 0 Å². The van der Waals surface area contributed by atoms with Crippen molar-refractivity contribution >= 4 is 11.8 Å². The van der Waals surface area contributed by atoms with E-state index < -0.39 is 11.6 Å². The van der Waals surface area contributed by atoms with E-state index in [4.69, 9.17) is 0 Å². The molecule has 0 atom stereocenters. The van der Waals surface area contributed by atoms with Crippen molar-refractivity contribution < 1.29 is 13.2 Å². The van der Waals surface area contributed by atoms with Gasteiger partial charge in [-0.25, -0.2) is 13.2 Å². The fourth-order valence-corrected chi connectivity index (χ4v) is 2.59. The molecule has 5 heteroatoms. The van der Waals surface area contributed by atoms with Crippen molar-refractivity contribution in [1.29, 1.82) is 0 Å². The third-order valence-electron chi connectivity index (χ3n) is 2.51. The molecule has 100 valence electrons. The Balaban J connectivity index is 2.29. The number of nitrogens with one attached hydrogen (secondary N) is 1. The predicted molar refractivity (Wildman–Crippen MR) is 69.6 cm³/mol. The van der Waals surface area contributed by atoms with E-state index in [2.05, 4.69) is 5.32 Å². The maximum atomic E-state index is 13.2. The van der Waals surface area contributed by atoms with Gasteiger partial charge in [0.2, 0.25) is 0 Å². The number of benzene rings is 2. The second kappa shape index (κ2) is 6.12. The Morgan fingerprint density at radius 3 is 2.47 bits per heavy atom. The highest BCUT2D eigenvalue weighted by Gasteiger charge is 2.08. The molecule has 19 heavy (non-hydrogen) atoms. The Morgan fingerprint density at radius 2 is 1.79 bits per heavy atom. The average Bonchev–Trinajstić information content (AvgIpc) is 2.37. The molecule has 0 aliphatic rings. The van der Waals surface area contributed by atoms with Crippen LogP contribution in [0, 0.1) is 17.5 Å². The van der Waals surface area contributed by atoms with Gasteiger partial charge in [0.25, 0.3) is 0 Å². The molecule has 0 bridgehead atoms. The Hall–Kier alpha value is -1.46. The lowest BCUT2D eigenvalue weighted by molar-refractivity contribution is 0.506. The molecule has 2 aromatic carbocycles. The Labute approximate surface area is 113 Å². The van der Waals surface area contributed by atoms with E-state index in [-0.39, 0.29) is 5.82 Å². The van der Waals surface area contributed by atoms with Gasteiger partial charge >= 0.3 is 0 Å². The van der Waals surface area contributed by atoms with Crippen LogP contribution in [-0.2, 0) is 6.54 Å². The molecular formula is C14H12F3NS. The van der Waals surface area contributed by atoms with Crippen LogP contribution in [-0.4, -0.2) is 7.05 Å². The van der Waals surface area contributed by atoms with Crippen LogP contribution in [0.3, 0.4) is 0 Å². The van der Waals surface area contributed by atoms with E-state index in [1.54, 1.807) is 13.1 Å². The molecule has 0 fully saturated rings. The van der Waals surface area contributed by atoms with Gasteiger partial charge in [0, 0.05) is 16.3 Å². The van der Waals surface area contributed by atoms with Gasteiger partial charge in [-0.05, 0) is 49.0 Å². The second-order valence-electron chi connectivity index (χ2n) is 3.96. The summed E-state index contributed by atoms with van der Waals surface area (Å²) in [6, 6.07) is 8.12. The highest BCUT2D eigenvalue weighted by molar-refractivity contribution is 7.99. The molecule has 0 aromatic heterocycles. The quantitative estimate of drug-likeness (QED) is 0.911. The number of rotatable bonds is 4. The van der Waals surface area contributed by atoms with Crippen LogP contribution >= 0.6 is 11.8 Å². The zero-order valence-electron chi connectivity index (χ0n) is 10.2. The molecule has 0 aliphatic heterocycles. The predicted octanol–water partition coefficient (Wildman–Crippen LogP) is 3.97. The van der Waals surface area contributed by atoms with Gasteiger partial charge in [-0.15, -0.1) is 0 Å². The van der Waals surface area contributed by atoms with Crippen molar-refractivity contribution in [2.24, 2.45) is 0 Å². The van der Waals surface area contributed by atoms with E-state index in [1.165, 1.54) is 30.0 Å². The van der Waals surface area contributed by atoms with Crippen LogP contribution in [0.1, 0.15) is 5.56 Å². The highest BCUT2D eigenvalue weighted by Crippen LogP contribution is 2.31. The minimum absolute atomic E-state index is 0.320. The largest absolute Gasteiger partial charge is 0.316 e. The smallest absolute Gasteiger partial charge is 0.159 e. The lowest BCUT2D eigenvalue weighted by Gasteiger charge is -2.09. The van der Waals surface area contributed by atoms with Crippen LogP contribution < -0.4 is 5.32 Å². The lowest BCUT2D eigenvalue weighted by atomic mass is 10.2. The van der Waals surface area contributed by atoms with Gasteiger partial charge in [0.1, 0.15) is 5.82 Å². The zero-order valence-corrected chi connectivity index (χ0v) is 11.0. The maximum Gasteiger partial charge on any atom is 0.159 e. The van der Waals surface area contributed by atoms with Gasteiger partial charge in [0.15, 0.2) is 11.6 Å². The van der Waals surface area contributed by atoms with E-state index in [0.717, 1.165) is 22.6 Å². The fourth-order valence-electron chi connectivity index (χ4n) is 1.64. The summed E-state index contributed by atoms with van der Waals surface area (Å²) in [5.74, 6) is -2.08. The average molecular weight is 283 g/mol. The minimum Gasteiger partial charge on any atom is -0.316 e. The van der Waals surface area contributed by atoms with Gasteiger partial charge in [0.05, 0.1) is 0 Å². The summed E-state index contributed by atoms with van der Waals surface area (Å²) in [4.78, 5) is 1.38. The first-order chi connectivity index (χ1) is 9.10. The first-order valence-corrected chi connectivity index (χ1v) is 6.47. The minimum atomic E-state index is -0.887. The zero-order chi connectivity index (χ0) is 13.8. The fraction of sp³-hybridized carbons (Fsp3) is 0.143. The van der Waals surface area contributed by atoms with Crippen molar-refractivity contribution in [3.63, 3.8) is 0 Å². The summed E-state index contributed by atoms with van der Waals surface area (Å²) in [6.45, 7) is 0.504. The van der Waals surface area contributed by atoms with Crippen LogP contribution in [0.25, 0.3) is 0 Å². The molecule has 0 aliphatic carbocycles. The van der Waals surface area contributed by atoms with E-state index >= 15 is 0 Å². The molecule has 0 amide bonds. The molecule has 0 heterocycles. The Bertz CT molecular complexity index is 587. The maximum absolute atomic E-state index is 13.2. The van der Waals surface area contributed by atoms with Crippen LogP contribution in [0.2, 0.25) is 0 Å². The third kappa shape index (κ3) is 3.52. The van der Waals surface area contributed by atoms with Gasteiger partial charge in [-0.3, -0.25) is 0 Å². The monoisotopic (exact) mass is 283 g/mol. The SMILES string of the molecule is CNCc1cc(F)ccc1Sc1ccc(F)c(F)c1. The molecule has 0 saturated carbocycles. The first kappa shape index (κ1) is 14.0. The number of halogens is 3. The Morgan fingerprint density at radius 1 is 1.00 bits per heavy atom. The van der Waals surface area contributed by atoms with E-state index in [0.29, 0.717) is 11.4 Å². The molecule has 0 spiro atoms. The highest BCUT2D eigenvalue weighted by atomic mass is 32.2. The third-order valence-corrected chi connectivity index (χ3v) is 3.62. The van der Waals surface area contributed by atoms with Crippen molar-refractivity contribution in [3.05, 3.63) is 59.4 Å². The van der Waals surface area contributed by atoms with Crippen molar-refractivity contribution in [2.45, 2.75) is 16.3 Å². The van der Waals surface area contributed by atoms with Crippen LogP contribution in [0.4, 0.5) is 13.2 Å². The molecule has 1 N–H and O–H groups in total. The lowest BCUT2D eigenvalue weighted by Crippen LogP contribution is -2.06. The summed E-state index contributed by atoms with van der Waals surface area (Å²) in [7, 11) is 1.76. The second-order valence-corrected chi connectivity index (χ2v) is 5.08. The molecule has 2 rings (SSSR count). The summed E-state index contributed by atoms with van der Waals surface area (Å²) in [5, 5.41) is 2.94. The summed E-state index contributed by atoms with van der Waals surface area (Å²) in [5.41, 5.74) is 0.775. The number of hydrogen-bond donors (Lipinski definition) is 1. The molecular weight excluding hydrogens is 271 g/mol. The first-order valence-electron chi connectivity index (χ1n) is 5.66. The van der Waals surface area contributed by atoms with Crippen molar-refractivity contribution in [2.75, 3.05) is 7.05 Å². The van der Waals surface area contributed by atoms with E-state index in [9.17, 15) is 13.2 Å². The van der Waals surface area contributed by atoms with Crippen molar-refractivity contribution in [1.82, 2.24) is 5.32 Å². The standard InChI is InChI=1S/C14H12F3NS/c1-18-8-9-6-10(15)2-5-14(9)19-11-3-4-12(16)13(17)7-11/h2-7,18H,8H2,1H3. The van der Waals surface area contributed by atoms with Gasteiger partial charge in [-0.1, -0.05) is 11.8 Å². The normalized spacial score (nSPS) is 10.7. The Kier molecular flexibility index (Phi) is 4.50. The molecule has 0 radical (unpaired) electrons. The molecule has 0 saturated heterocycles. The number of hydrogen-bond acceptors (Lipinski definition) is 2. The summed E-state index contributed by atoms with van der Waals surface area (Å²) in [6.07, 6.45) is 0. The summed E-state index contributed by atoms with van der Waals surface area (Å²) < 4.78 is 39.2. The van der Waals surface area contributed by atoms with E-state index in [1.807, 2.05) is 0 Å². The molecule has 1 nitrogen and oxygen atoms in total. The summed E-state index contributed by atoms with van der Waals surface area (Å²) >= 11 is 1.27. The van der Waals surface area contributed by atoms with Gasteiger partial charge < -0.3 is 5.32 Å². The molecule has 0 unspecified atom stereocenters. The molecule has 2 aromatic rings. The van der Waals surface area contributed by atoms with Gasteiger partial charge in [-0.2, -0.15) is 0 Å². The topological polar surface area (TPSA) is 12.0 Å². The van der Waals surface area contributed by atoms with Crippen molar-refractivity contribution in [3.8, 4) is 0 Å².